The maximum absolute atomic E-state index is 5.96. The van der Waals surface area contributed by atoms with Crippen molar-refractivity contribution in [2.45, 2.75) is 10.6 Å². The van der Waals surface area contributed by atoms with E-state index in [-0.39, 0.29) is 0 Å². The smallest absolute Gasteiger partial charge is 0.205 e. The molecule has 2 aromatic carbocycles. The van der Waals surface area contributed by atoms with Gasteiger partial charge in [-0.1, -0.05) is 12.1 Å². The Morgan fingerprint density at radius 2 is 2.10 bits per heavy atom. The molecule has 3 rings (SSSR count). The number of methoxy groups -OCH3 is 1. The largest absolute Gasteiger partial charge is 0.497 e. The van der Waals surface area contributed by atoms with E-state index in [2.05, 4.69) is 4.98 Å². The molecule has 0 saturated carbocycles. The normalized spacial score (nSPS) is 10.8. The van der Waals surface area contributed by atoms with Gasteiger partial charge in [0.2, 0.25) is 5.89 Å². The Labute approximate surface area is 120 Å². The number of nitrogen functional groups attached to an aromatic ring is 1. The summed E-state index contributed by atoms with van der Waals surface area (Å²) in [4.78, 5) is 5.40. The maximum atomic E-state index is 5.96. The van der Waals surface area contributed by atoms with Gasteiger partial charge >= 0.3 is 0 Å². The van der Waals surface area contributed by atoms with E-state index in [0.29, 0.717) is 11.6 Å². The van der Waals surface area contributed by atoms with E-state index in [4.69, 9.17) is 14.9 Å². The van der Waals surface area contributed by atoms with Gasteiger partial charge in [-0.15, -0.1) is 11.8 Å². The Hall–Kier alpha value is -2.14. The summed E-state index contributed by atoms with van der Waals surface area (Å²) in [5, 5.41) is 0. The molecule has 0 unspecified atom stereocenters. The number of hydrogen-bond donors (Lipinski definition) is 1. The Bertz CT molecular complexity index is 707. The zero-order chi connectivity index (χ0) is 13.9. The van der Waals surface area contributed by atoms with Gasteiger partial charge in [0.1, 0.15) is 11.3 Å². The molecule has 1 aromatic heterocycles. The van der Waals surface area contributed by atoms with Crippen LogP contribution in [0.2, 0.25) is 0 Å². The van der Waals surface area contributed by atoms with Crippen molar-refractivity contribution in [3.05, 3.63) is 48.4 Å². The number of aromatic nitrogens is 1. The predicted octanol–water partition coefficient (Wildman–Crippen LogP) is 3.71. The van der Waals surface area contributed by atoms with Crippen molar-refractivity contribution in [3.8, 4) is 5.75 Å². The predicted molar refractivity (Wildman–Crippen MR) is 81.0 cm³/mol. The van der Waals surface area contributed by atoms with Crippen molar-refractivity contribution in [3.63, 3.8) is 0 Å². The van der Waals surface area contributed by atoms with E-state index in [1.807, 2.05) is 42.5 Å². The van der Waals surface area contributed by atoms with Crippen LogP contribution in [0.1, 0.15) is 5.89 Å². The second-order valence-electron chi connectivity index (χ2n) is 4.27. The lowest BCUT2D eigenvalue weighted by molar-refractivity contribution is 0.414. The molecule has 2 N–H and O–H groups in total. The summed E-state index contributed by atoms with van der Waals surface area (Å²) in [7, 11) is 1.64. The third-order valence-corrected chi connectivity index (χ3v) is 3.97. The molecular formula is C15H14N2O2S. The molecule has 0 fully saturated rings. The minimum absolute atomic E-state index is 0.631. The van der Waals surface area contributed by atoms with Crippen molar-refractivity contribution in [1.82, 2.24) is 4.98 Å². The number of nitrogens with two attached hydrogens (primary N) is 1. The first-order chi connectivity index (χ1) is 9.76. The number of benzene rings is 2. The highest BCUT2D eigenvalue weighted by Gasteiger charge is 2.08. The highest BCUT2D eigenvalue weighted by molar-refractivity contribution is 7.98. The lowest BCUT2D eigenvalue weighted by Crippen LogP contribution is -1.91. The van der Waals surface area contributed by atoms with Crippen LogP contribution < -0.4 is 10.5 Å². The van der Waals surface area contributed by atoms with Crippen LogP contribution in [0.5, 0.6) is 5.75 Å². The molecule has 0 aliphatic rings. The maximum Gasteiger partial charge on any atom is 0.205 e. The number of nitrogens with zero attached hydrogens (tertiary/aromatic N) is 1. The fourth-order valence-electron chi connectivity index (χ4n) is 1.89. The Morgan fingerprint density at radius 3 is 2.90 bits per heavy atom. The topological polar surface area (TPSA) is 61.3 Å². The molecule has 1 heterocycles. The van der Waals surface area contributed by atoms with Gasteiger partial charge in [0, 0.05) is 10.6 Å². The van der Waals surface area contributed by atoms with E-state index in [1.165, 1.54) is 0 Å². The van der Waals surface area contributed by atoms with E-state index in [9.17, 15) is 0 Å². The summed E-state index contributed by atoms with van der Waals surface area (Å²) in [6.07, 6.45) is 0. The zero-order valence-electron chi connectivity index (χ0n) is 11.0. The first-order valence-corrected chi connectivity index (χ1v) is 7.15. The molecule has 5 heteroatoms. The first kappa shape index (κ1) is 12.9. The quantitative estimate of drug-likeness (QED) is 0.585. The average molecular weight is 286 g/mol. The SMILES string of the molecule is COc1ccc(N)c(SCc2nc3ccccc3o2)c1. The average Bonchev–Trinajstić information content (AvgIpc) is 2.89. The lowest BCUT2D eigenvalue weighted by atomic mass is 10.3. The monoisotopic (exact) mass is 286 g/mol. The molecule has 0 amide bonds. The Balaban J connectivity index is 1.79. The molecule has 102 valence electrons. The molecule has 3 aromatic rings. The van der Waals surface area contributed by atoms with Crippen LogP contribution in [-0.4, -0.2) is 12.1 Å². The standard InChI is InChI=1S/C15H14N2O2S/c1-18-10-6-7-11(16)14(8-10)20-9-15-17-12-4-2-3-5-13(12)19-15/h2-8H,9,16H2,1H3. The van der Waals surface area contributed by atoms with Gasteiger partial charge in [-0.2, -0.15) is 0 Å². The van der Waals surface area contributed by atoms with Gasteiger partial charge in [0.25, 0.3) is 0 Å². The minimum atomic E-state index is 0.631. The molecule has 4 nitrogen and oxygen atoms in total. The number of anilines is 1. The number of hydrogen-bond acceptors (Lipinski definition) is 5. The fourth-order valence-corrected chi connectivity index (χ4v) is 2.72. The van der Waals surface area contributed by atoms with Crippen molar-refractivity contribution >= 4 is 28.5 Å². The van der Waals surface area contributed by atoms with E-state index >= 15 is 0 Å². The Kier molecular flexibility index (Phi) is 3.52. The molecule has 0 aliphatic heterocycles. The van der Waals surface area contributed by atoms with Gasteiger partial charge in [-0.3, -0.25) is 0 Å². The first-order valence-electron chi connectivity index (χ1n) is 6.17. The van der Waals surface area contributed by atoms with Crippen molar-refractivity contribution in [2.24, 2.45) is 0 Å². The van der Waals surface area contributed by atoms with Crippen LogP contribution in [0.4, 0.5) is 5.69 Å². The van der Waals surface area contributed by atoms with Crippen LogP contribution in [0.25, 0.3) is 11.1 Å². The molecule has 20 heavy (non-hydrogen) atoms. The number of fused-ring (bicyclic) bond motifs is 1. The summed E-state index contributed by atoms with van der Waals surface area (Å²) < 4.78 is 10.9. The van der Waals surface area contributed by atoms with Gasteiger partial charge in [-0.25, -0.2) is 4.98 Å². The van der Waals surface area contributed by atoms with E-state index in [1.54, 1.807) is 18.9 Å². The summed E-state index contributed by atoms with van der Waals surface area (Å²) in [6, 6.07) is 13.3. The van der Waals surface area contributed by atoms with E-state index < -0.39 is 0 Å². The summed E-state index contributed by atoms with van der Waals surface area (Å²) in [5.74, 6) is 2.11. The zero-order valence-corrected chi connectivity index (χ0v) is 11.8. The summed E-state index contributed by atoms with van der Waals surface area (Å²) >= 11 is 1.58. The molecule has 0 bridgehead atoms. The number of para-hydroxylation sites is 2. The number of oxazole rings is 1. The summed E-state index contributed by atoms with van der Waals surface area (Å²) in [5.41, 5.74) is 8.37. The highest BCUT2D eigenvalue weighted by Crippen LogP contribution is 2.31. The fraction of sp³-hybridized carbons (Fsp3) is 0.133. The number of rotatable bonds is 4. The van der Waals surface area contributed by atoms with Gasteiger partial charge < -0.3 is 14.9 Å². The molecule has 0 radical (unpaired) electrons. The molecule has 0 saturated heterocycles. The third-order valence-electron chi connectivity index (χ3n) is 2.91. The van der Waals surface area contributed by atoms with Gasteiger partial charge in [-0.05, 0) is 30.3 Å². The van der Waals surface area contributed by atoms with Crippen molar-refractivity contribution < 1.29 is 9.15 Å². The number of ether oxygens (including phenoxy) is 1. The lowest BCUT2D eigenvalue weighted by Gasteiger charge is -2.06. The van der Waals surface area contributed by atoms with Gasteiger partial charge in [0.05, 0.1) is 12.9 Å². The van der Waals surface area contributed by atoms with Crippen molar-refractivity contribution in [2.75, 3.05) is 12.8 Å². The molecule has 0 atom stereocenters. The third kappa shape index (κ3) is 2.58. The van der Waals surface area contributed by atoms with Crippen LogP contribution in [0, 0.1) is 0 Å². The minimum Gasteiger partial charge on any atom is -0.497 e. The van der Waals surface area contributed by atoms with E-state index in [0.717, 1.165) is 27.4 Å². The second-order valence-corrected chi connectivity index (χ2v) is 5.28. The van der Waals surface area contributed by atoms with Crippen molar-refractivity contribution in [1.29, 1.82) is 0 Å². The van der Waals surface area contributed by atoms with Crippen LogP contribution in [0.15, 0.2) is 51.8 Å². The number of thioether (sulfide) groups is 1. The van der Waals surface area contributed by atoms with Crippen LogP contribution >= 0.6 is 11.8 Å². The summed E-state index contributed by atoms with van der Waals surface area (Å²) in [6.45, 7) is 0. The molecule has 0 aliphatic carbocycles. The van der Waals surface area contributed by atoms with Crippen LogP contribution in [0.3, 0.4) is 0 Å². The molecule has 0 spiro atoms. The molecular weight excluding hydrogens is 272 g/mol. The van der Waals surface area contributed by atoms with Crippen LogP contribution in [-0.2, 0) is 5.75 Å². The highest BCUT2D eigenvalue weighted by atomic mass is 32.2. The van der Waals surface area contributed by atoms with Gasteiger partial charge in [0.15, 0.2) is 5.58 Å². The Morgan fingerprint density at radius 1 is 1.25 bits per heavy atom. The second kappa shape index (κ2) is 5.46.